The molecule has 1 atom stereocenters. The molecule has 1 aliphatic rings. The minimum Gasteiger partial charge on any atom is -0.439 e. The van der Waals surface area contributed by atoms with Crippen LogP contribution in [0.2, 0.25) is 0 Å². The van der Waals surface area contributed by atoms with E-state index >= 15 is 0 Å². The largest absolute Gasteiger partial charge is 0.439 e. The van der Waals surface area contributed by atoms with Gasteiger partial charge in [-0.2, -0.15) is 4.57 Å². The van der Waals surface area contributed by atoms with Gasteiger partial charge in [0.05, 0.1) is 5.69 Å². The Hall–Kier alpha value is -3.46. The van der Waals surface area contributed by atoms with Crippen LogP contribution in [0.15, 0.2) is 94.7 Å². The van der Waals surface area contributed by atoms with Crippen LogP contribution in [0.5, 0.6) is 5.75 Å². The van der Waals surface area contributed by atoms with Crippen molar-refractivity contribution in [3.05, 3.63) is 95.3 Å². The van der Waals surface area contributed by atoms with Gasteiger partial charge in [-0.25, -0.2) is 4.21 Å². The smallest absolute Gasteiger partial charge is 0.264 e. The van der Waals surface area contributed by atoms with Crippen molar-refractivity contribution in [3.63, 3.8) is 0 Å². The number of aromatic nitrogens is 1. The lowest BCUT2D eigenvalue weighted by atomic mass is 10.0. The Balaban J connectivity index is 1.52. The van der Waals surface area contributed by atoms with Crippen LogP contribution in [0.4, 0.5) is 5.69 Å². The second kappa shape index (κ2) is 10.5. The average Bonchev–Trinajstić information content (AvgIpc) is 3.43. The number of allylic oxidation sites excluding steroid dienone is 2. The summed E-state index contributed by atoms with van der Waals surface area (Å²) in [6.07, 6.45) is 6.24. The van der Waals surface area contributed by atoms with E-state index in [1.807, 2.05) is 47.0 Å². The second-order valence-corrected chi connectivity index (χ2v) is 11.7. The van der Waals surface area contributed by atoms with Crippen LogP contribution in [-0.2, 0) is 16.7 Å². The third-order valence-electron chi connectivity index (χ3n) is 6.25. The molecule has 0 spiro atoms. The van der Waals surface area contributed by atoms with E-state index in [9.17, 15) is 8.76 Å². The third-order valence-corrected chi connectivity index (χ3v) is 7.96. The van der Waals surface area contributed by atoms with Crippen molar-refractivity contribution >= 4 is 43.3 Å². The number of rotatable bonds is 7. The van der Waals surface area contributed by atoms with E-state index in [4.69, 9.17) is 4.74 Å². The molecule has 6 nitrogen and oxygen atoms in total. The Kier molecular flexibility index (Phi) is 7.15. The van der Waals surface area contributed by atoms with Crippen LogP contribution < -0.4 is 14.2 Å². The average molecular weight is 533 g/mol. The van der Waals surface area contributed by atoms with E-state index < -0.39 is 10.0 Å². The highest BCUT2D eigenvalue weighted by Crippen LogP contribution is 2.42. The second-order valence-electron chi connectivity index (χ2n) is 8.82. The molecule has 1 aromatic heterocycles. The lowest BCUT2D eigenvalue weighted by Crippen LogP contribution is -2.34. The summed E-state index contributed by atoms with van der Waals surface area (Å²) in [5.74, 6) is 1.64. The summed E-state index contributed by atoms with van der Waals surface area (Å²) in [5.41, 5.74) is 5.46. The number of fused-ring (bicyclic) bond motifs is 2. The standard InChI is InChI=1S/C29H29N3O3S2/c1-4-21(18-29-32(20-30-37(3,33)34)24-13-9-10-14-27(24)36-29)17-28-31(5-2)25-19-23(15-16-26(25)35-28)22-11-7-6-8-12-22/h6-19H,4-5,20H2,1-3H3/p+1. The van der Waals surface area contributed by atoms with Crippen molar-refractivity contribution in [3.8, 4) is 16.9 Å². The fraction of sp³-hybridized carbons (Fsp3) is 0.207. The first-order valence-corrected chi connectivity index (χ1v) is 14.9. The van der Waals surface area contributed by atoms with E-state index in [1.165, 1.54) is 11.8 Å². The van der Waals surface area contributed by atoms with Crippen molar-refractivity contribution in [1.29, 1.82) is 0 Å². The molecule has 190 valence electrons. The van der Waals surface area contributed by atoms with Crippen molar-refractivity contribution in [2.45, 2.75) is 26.9 Å². The fourth-order valence-electron chi connectivity index (χ4n) is 4.38. The Morgan fingerprint density at radius 2 is 1.84 bits per heavy atom. The quantitative estimate of drug-likeness (QED) is 0.262. The van der Waals surface area contributed by atoms with Gasteiger partial charge in [0, 0.05) is 31.0 Å². The molecule has 0 amide bonds. The van der Waals surface area contributed by atoms with Crippen LogP contribution in [0.1, 0.15) is 25.3 Å². The Labute approximate surface area is 222 Å². The van der Waals surface area contributed by atoms with E-state index in [2.05, 4.69) is 65.6 Å². The molecule has 1 aliphatic heterocycles. The SMILES string of the molecule is CCC(=Cc1sc2ccccc2[n+]1CN=S(C)(=O)O)C=C1Oc2ccc(-c3ccccc3)cc2N1CC. The van der Waals surface area contributed by atoms with Crippen molar-refractivity contribution < 1.29 is 18.1 Å². The number of anilines is 1. The summed E-state index contributed by atoms with van der Waals surface area (Å²) in [4.78, 5) is 2.19. The van der Waals surface area contributed by atoms with Crippen molar-refractivity contribution in [2.24, 2.45) is 4.36 Å². The first-order valence-electron chi connectivity index (χ1n) is 12.2. The number of ether oxygens (including phenoxy) is 1. The van der Waals surface area contributed by atoms with E-state index in [-0.39, 0.29) is 6.67 Å². The van der Waals surface area contributed by atoms with Gasteiger partial charge in [0.1, 0.15) is 4.70 Å². The third kappa shape index (κ3) is 5.46. The van der Waals surface area contributed by atoms with E-state index in [0.717, 1.165) is 56.6 Å². The van der Waals surface area contributed by atoms with Gasteiger partial charge in [0.25, 0.3) is 11.7 Å². The molecule has 0 fully saturated rings. The molecule has 0 saturated heterocycles. The maximum Gasteiger partial charge on any atom is 0.264 e. The molecule has 0 bridgehead atoms. The molecule has 0 aliphatic carbocycles. The molecule has 1 unspecified atom stereocenters. The minimum atomic E-state index is -3.20. The number of hydrogen-bond donors (Lipinski definition) is 1. The van der Waals surface area contributed by atoms with Gasteiger partial charge >= 0.3 is 0 Å². The van der Waals surface area contributed by atoms with Crippen molar-refractivity contribution in [2.75, 3.05) is 17.7 Å². The van der Waals surface area contributed by atoms with Gasteiger partial charge in [0.2, 0.25) is 11.4 Å². The maximum absolute atomic E-state index is 11.9. The fourth-order valence-corrected chi connectivity index (χ4v) is 5.84. The first kappa shape index (κ1) is 25.2. The highest BCUT2D eigenvalue weighted by molar-refractivity contribution is 7.87. The highest BCUT2D eigenvalue weighted by Gasteiger charge is 2.26. The number of para-hydroxylation sites is 1. The summed E-state index contributed by atoms with van der Waals surface area (Å²) in [6, 6.07) is 24.7. The Morgan fingerprint density at radius 3 is 2.57 bits per heavy atom. The Morgan fingerprint density at radius 1 is 1.08 bits per heavy atom. The lowest BCUT2D eigenvalue weighted by molar-refractivity contribution is -0.666. The predicted octanol–water partition coefficient (Wildman–Crippen LogP) is 6.94. The molecule has 4 aromatic rings. The molecule has 1 N–H and O–H groups in total. The summed E-state index contributed by atoms with van der Waals surface area (Å²) >= 11 is 1.64. The number of nitrogens with zero attached hydrogens (tertiary/aromatic N) is 3. The number of hydrogen-bond acceptors (Lipinski definition) is 5. The van der Waals surface area contributed by atoms with E-state index in [0.29, 0.717) is 0 Å². The van der Waals surface area contributed by atoms with Crippen LogP contribution in [0.25, 0.3) is 27.4 Å². The van der Waals surface area contributed by atoms with Crippen LogP contribution in [0.3, 0.4) is 0 Å². The van der Waals surface area contributed by atoms with Gasteiger partial charge in [-0.05, 0) is 48.2 Å². The van der Waals surface area contributed by atoms with Gasteiger partial charge < -0.3 is 14.2 Å². The molecule has 5 rings (SSSR count). The summed E-state index contributed by atoms with van der Waals surface area (Å²) in [7, 11) is -3.20. The molecule has 8 heteroatoms. The monoisotopic (exact) mass is 532 g/mol. The molecule has 0 radical (unpaired) electrons. The number of thiazole rings is 1. The molecular weight excluding hydrogens is 502 g/mol. The summed E-state index contributed by atoms with van der Waals surface area (Å²) in [5, 5.41) is 0.965. The molecule has 2 heterocycles. The molecular formula is C29H30N3O3S2+. The van der Waals surface area contributed by atoms with Crippen LogP contribution >= 0.6 is 11.3 Å². The molecule has 3 aromatic carbocycles. The minimum absolute atomic E-state index is 0.112. The zero-order valence-electron chi connectivity index (χ0n) is 21.1. The van der Waals surface area contributed by atoms with Gasteiger partial charge in [-0.15, -0.1) is 4.36 Å². The zero-order chi connectivity index (χ0) is 26.0. The topological polar surface area (TPSA) is 66.0 Å². The number of benzene rings is 3. The maximum atomic E-state index is 11.9. The highest BCUT2D eigenvalue weighted by atomic mass is 32.2. The predicted molar refractivity (Wildman–Crippen MR) is 153 cm³/mol. The zero-order valence-corrected chi connectivity index (χ0v) is 22.8. The van der Waals surface area contributed by atoms with Gasteiger partial charge in [-0.1, -0.05) is 66.8 Å². The van der Waals surface area contributed by atoms with Gasteiger partial charge in [-0.3, -0.25) is 0 Å². The van der Waals surface area contributed by atoms with Crippen LogP contribution in [-0.4, -0.2) is 21.6 Å². The molecule has 37 heavy (non-hydrogen) atoms. The summed E-state index contributed by atoms with van der Waals surface area (Å²) in [6.45, 7) is 5.12. The first-order chi connectivity index (χ1) is 17.9. The van der Waals surface area contributed by atoms with E-state index in [1.54, 1.807) is 11.3 Å². The van der Waals surface area contributed by atoms with Crippen molar-refractivity contribution in [1.82, 2.24) is 0 Å². The summed E-state index contributed by atoms with van der Waals surface area (Å²) < 4.78 is 35.0. The molecule has 0 saturated carbocycles. The lowest BCUT2D eigenvalue weighted by Gasteiger charge is -2.16. The Bertz CT molecular complexity index is 1620. The normalized spacial score (nSPS) is 16.1. The van der Waals surface area contributed by atoms with Crippen LogP contribution in [0, 0.1) is 0 Å². The van der Waals surface area contributed by atoms with Gasteiger partial charge in [0.15, 0.2) is 15.8 Å².